The summed E-state index contributed by atoms with van der Waals surface area (Å²) in [6.45, 7) is 12.9. The molecule has 4 nitrogen and oxygen atoms in total. The van der Waals surface area contributed by atoms with Crippen LogP contribution in [-0.4, -0.2) is 41.4 Å². The predicted molar refractivity (Wildman–Crippen MR) is 62.4 cm³/mol. The van der Waals surface area contributed by atoms with Gasteiger partial charge in [-0.15, -0.1) is 0 Å². The lowest BCUT2D eigenvalue weighted by Gasteiger charge is -2.42. The van der Waals surface area contributed by atoms with E-state index >= 15 is 0 Å². The molecule has 0 atom stereocenters. The molecule has 1 fully saturated rings. The molecule has 1 aliphatic heterocycles. The molecule has 0 spiro atoms. The molecular weight excluding hydrogens is 206 g/mol. The van der Waals surface area contributed by atoms with E-state index in [0.29, 0.717) is 13.1 Å². The Kier molecular flexibility index (Phi) is 3.53. The molecule has 4 heteroatoms. The van der Waals surface area contributed by atoms with Gasteiger partial charge in [0.1, 0.15) is 5.60 Å². The van der Waals surface area contributed by atoms with Crippen LogP contribution in [0.4, 0.5) is 4.79 Å². The van der Waals surface area contributed by atoms with Crippen molar-refractivity contribution >= 4 is 6.09 Å². The second kappa shape index (κ2) is 4.24. The fourth-order valence-corrected chi connectivity index (χ4v) is 1.49. The summed E-state index contributed by atoms with van der Waals surface area (Å²) in [5.41, 5.74) is -0.572. The molecule has 0 aromatic carbocycles. The number of carbonyl (C=O) groups is 1. The smallest absolute Gasteiger partial charge is 0.410 e. The van der Waals surface area contributed by atoms with E-state index in [1.807, 2.05) is 41.5 Å². The summed E-state index contributed by atoms with van der Waals surface area (Å²) in [5, 5.41) is 0. The molecular formula is C12H23NO3. The monoisotopic (exact) mass is 229 g/mol. The predicted octanol–water partition coefficient (Wildman–Crippen LogP) is 2.42. The zero-order chi connectivity index (χ0) is 12.6. The highest BCUT2D eigenvalue weighted by Crippen LogP contribution is 2.21. The Morgan fingerprint density at radius 3 is 1.94 bits per heavy atom. The molecule has 0 unspecified atom stereocenters. The summed E-state index contributed by atoms with van der Waals surface area (Å²) in [4.78, 5) is 13.3. The number of rotatable bonds is 1. The van der Waals surface area contributed by atoms with Crippen molar-refractivity contribution in [3.8, 4) is 0 Å². The summed E-state index contributed by atoms with van der Waals surface area (Å²) in [6, 6.07) is 0. The molecule has 16 heavy (non-hydrogen) atoms. The third-order valence-corrected chi connectivity index (χ3v) is 2.02. The van der Waals surface area contributed by atoms with E-state index in [-0.39, 0.29) is 17.8 Å². The maximum atomic E-state index is 11.6. The highest BCUT2D eigenvalue weighted by molar-refractivity contribution is 5.69. The van der Waals surface area contributed by atoms with E-state index in [1.54, 1.807) is 4.90 Å². The molecule has 0 radical (unpaired) electrons. The van der Waals surface area contributed by atoms with Gasteiger partial charge < -0.3 is 14.4 Å². The van der Waals surface area contributed by atoms with Crippen LogP contribution in [0.5, 0.6) is 0 Å². The van der Waals surface area contributed by atoms with Gasteiger partial charge in [0, 0.05) is 0 Å². The quantitative estimate of drug-likeness (QED) is 0.693. The van der Waals surface area contributed by atoms with Crippen LogP contribution < -0.4 is 0 Å². The summed E-state index contributed by atoms with van der Waals surface area (Å²) in [6.07, 6.45) is -0.103. The van der Waals surface area contributed by atoms with Crippen LogP contribution in [0.15, 0.2) is 0 Å². The number of amides is 1. The van der Waals surface area contributed by atoms with Gasteiger partial charge in [0.2, 0.25) is 0 Å². The fraction of sp³-hybridized carbons (Fsp3) is 0.917. The largest absolute Gasteiger partial charge is 0.444 e. The highest BCUT2D eigenvalue weighted by atomic mass is 16.6. The standard InChI is InChI=1S/C12H23NO3/c1-11(2,3)15-9-7-13(8-9)10(14)16-12(4,5)6/h9H,7-8H2,1-6H3. The number of hydrogen-bond donors (Lipinski definition) is 0. The third-order valence-electron chi connectivity index (χ3n) is 2.02. The lowest BCUT2D eigenvalue weighted by Crippen LogP contribution is -2.57. The first-order chi connectivity index (χ1) is 7.07. The maximum absolute atomic E-state index is 11.6. The van der Waals surface area contributed by atoms with Crippen molar-refractivity contribution in [2.75, 3.05) is 13.1 Å². The molecule has 0 N–H and O–H groups in total. The number of likely N-dealkylation sites (tertiary alicyclic amines) is 1. The second-order valence-electron chi connectivity index (χ2n) is 6.24. The second-order valence-corrected chi connectivity index (χ2v) is 6.24. The summed E-state index contributed by atoms with van der Waals surface area (Å²) in [7, 11) is 0. The molecule has 0 saturated carbocycles. The molecule has 0 bridgehead atoms. The van der Waals surface area contributed by atoms with Gasteiger partial charge in [-0.1, -0.05) is 0 Å². The SMILES string of the molecule is CC(C)(C)OC(=O)N1CC(OC(C)(C)C)C1. The van der Waals surface area contributed by atoms with Gasteiger partial charge in [-0.25, -0.2) is 4.79 Å². The van der Waals surface area contributed by atoms with Crippen LogP contribution >= 0.6 is 0 Å². The normalized spacial score (nSPS) is 18.2. The molecule has 1 saturated heterocycles. The van der Waals surface area contributed by atoms with E-state index < -0.39 is 5.60 Å². The Balaban J connectivity index is 2.28. The average Bonchev–Trinajstić information content (AvgIpc) is 1.89. The van der Waals surface area contributed by atoms with Crippen LogP contribution in [0, 0.1) is 0 Å². The van der Waals surface area contributed by atoms with Crippen molar-refractivity contribution in [1.29, 1.82) is 0 Å². The molecule has 1 heterocycles. The minimum atomic E-state index is -0.424. The van der Waals surface area contributed by atoms with Gasteiger partial charge >= 0.3 is 6.09 Å². The van der Waals surface area contributed by atoms with E-state index in [0.717, 1.165) is 0 Å². The van der Waals surface area contributed by atoms with Crippen molar-refractivity contribution in [2.24, 2.45) is 0 Å². The molecule has 0 aromatic heterocycles. The summed E-state index contributed by atoms with van der Waals surface area (Å²) in [5.74, 6) is 0. The Hall–Kier alpha value is -0.770. The molecule has 1 rings (SSSR count). The Labute approximate surface area is 97.9 Å². The minimum Gasteiger partial charge on any atom is -0.444 e. The highest BCUT2D eigenvalue weighted by Gasteiger charge is 2.36. The van der Waals surface area contributed by atoms with E-state index in [9.17, 15) is 4.79 Å². The molecule has 1 aliphatic rings. The first-order valence-electron chi connectivity index (χ1n) is 5.72. The minimum absolute atomic E-state index is 0.146. The fourth-order valence-electron chi connectivity index (χ4n) is 1.49. The maximum Gasteiger partial charge on any atom is 0.410 e. The number of hydrogen-bond acceptors (Lipinski definition) is 3. The first kappa shape index (κ1) is 13.3. The van der Waals surface area contributed by atoms with E-state index in [2.05, 4.69) is 0 Å². The van der Waals surface area contributed by atoms with Gasteiger partial charge in [-0.3, -0.25) is 0 Å². The molecule has 1 amide bonds. The van der Waals surface area contributed by atoms with E-state index in [1.165, 1.54) is 0 Å². The van der Waals surface area contributed by atoms with Crippen LogP contribution in [0.3, 0.4) is 0 Å². The zero-order valence-corrected chi connectivity index (χ0v) is 11.2. The van der Waals surface area contributed by atoms with Crippen molar-refractivity contribution in [3.05, 3.63) is 0 Å². The van der Waals surface area contributed by atoms with Gasteiger partial charge in [0.25, 0.3) is 0 Å². The lowest BCUT2D eigenvalue weighted by atomic mass is 10.1. The molecule has 0 aromatic rings. The Bertz CT molecular complexity index is 256. The van der Waals surface area contributed by atoms with Crippen LogP contribution in [0.1, 0.15) is 41.5 Å². The average molecular weight is 229 g/mol. The van der Waals surface area contributed by atoms with Gasteiger partial charge in [-0.05, 0) is 41.5 Å². The van der Waals surface area contributed by atoms with Gasteiger partial charge in [0.05, 0.1) is 24.8 Å². The van der Waals surface area contributed by atoms with Crippen LogP contribution in [0.2, 0.25) is 0 Å². The van der Waals surface area contributed by atoms with Crippen molar-refractivity contribution in [3.63, 3.8) is 0 Å². The van der Waals surface area contributed by atoms with Crippen LogP contribution in [-0.2, 0) is 9.47 Å². The number of ether oxygens (including phenoxy) is 2. The van der Waals surface area contributed by atoms with Crippen molar-refractivity contribution in [1.82, 2.24) is 4.90 Å². The Morgan fingerprint density at radius 1 is 1.06 bits per heavy atom. The van der Waals surface area contributed by atoms with Gasteiger partial charge in [0.15, 0.2) is 0 Å². The van der Waals surface area contributed by atoms with E-state index in [4.69, 9.17) is 9.47 Å². The lowest BCUT2D eigenvalue weighted by molar-refractivity contribution is -0.122. The van der Waals surface area contributed by atoms with Crippen molar-refractivity contribution in [2.45, 2.75) is 58.8 Å². The first-order valence-corrected chi connectivity index (χ1v) is 5.72. The summed E-state index contributed by atoms with van der Waals surface area (Å²) >= 11 is 0. The Morgan fingerprint density at radius 2 is 1.56 bits per heavy atom. The molecule has 94 valence electrons. The third kappa shape index (κ3) is 4.39. The van der Waals surface area contributed by atoms with Crippen LogP contribution in [0.25, 0.3) is 0 Å². The van der Waals surface area contributed by atoms with Gasteiger partial charge in [-0.2, -0.15) is 0 Å². The number of carbonyl (C=O) groups excluding carboxylic acids is 1. The zero-order valence-electron chi connectivity index (χ0n) is 11.2. The van der Waals surface area contributed by atoms with Crippen molar-refractivity contribution < 1.29 is 14.3 Å². The topological polar surface area (TPSA) is 38.8 Å². The number of nitrogens with zero attached hydrogens (tertiary/aromatic N) is 1. The molecule has 0 aliphatic carbocycles. The summed E-state index contributed by atoms with van der Waals surface area (Å²) < 4.78 is 11.0.